The summed E-state index contributed by atoms with van der Waals surface area (Å²) in [5.74, 6) is 0.0480. The van der Waals surface area contributed by atoms with Crippen molar-refractivity contribution in [2.24, 2.45) is 5.92 Å². The number of hydrogen-bond acceptors (Lipinski definition) is 2. The first-order valence-electron chi connectivity index (χ1n) is 6.48. The van der Waals surface area contributed by atoms with Gasteiger partial charge in [-0.1, -0.05) is 30.3 Å². The lowest BCUT2D eigenvalue weighted by molar-refractivity contribution is -0.149. The number of piperidine rings is 1. The van der Waals surface area contributed by atoms with Gasteiger partial charge in [-0.3, -0.25) is 4.90 Å². The van der Waals surface area contributed by atoms with Crippen LogP contribution in [0.1, 0.15) is 24.5 Å². The van der Waals surface area contributed by atoms with E-state index in [4.69, 9.17) is 0 Å². The fraction of sp³-hybridized carbons (Fsp3) is 0.571. The van der Waals surface area contributed by atoms with E-state index in [0.717, 1.165) is 5.56 Å². The maximum absolute atomic E-state index is 12.3. The van der Waals surface area contributed by atoms with Gasteiger partial charge in [0.25, 0.3) is 0 Å². The number of aliphatic hydroxyl groups is 1. The first-order chi connectivity index (χ1) is 8.96. The zero-order valence-corrected chi connectivity index (χ0v) is 10.6. The third-order valence-electron chi connectivity index (χ3n) is 3.62. The summed E-state index contributed by atoms with van der Waals surface area (Å²) in [6, 6.07) is 9.30. The minimum Gasteiger partial charge on any atom is -0.388 e. The molecule has 0 amide bonds. The third-order valence-corrected chi connectivity index (χ3v) is 3.62. The molecule has 2 nitrogen and oxygen atoms in total. The minimum atomic E-state index is -4.13. The van der Waals surface area contributed by atoms with Gasteiger partial charge in [0.15, 0.2) is 0 Å². The molecule has 1 aliphatic rings. The van der Waals surface area contributed by atoms with Gasteiger partial charge in [0, 0.05) is 0 Å². The van der Waals surface area contributed by atoms with E-state index in [0.29, 0.717) is 25.9 Å². The highest BCUT2D eigenvalue weighted by Gasteiger charge is 2.33. The van der Waals surface area contributed by atoms with Crippen LogP contribution in [-0.2, 0) is 0 Å². The number of benzene rings is 1. The number of likely N-dealkylation sites (tertiary alicyclic amines) is 1. The van der Waals surface area contributed by atoms with E-state index in [9.17, 15) is 18.3 Å². The standard InChI is InChI=1S/C14H18F3NO/c15-14(16,17)10-18-8-6-12(7-9-18)13(19)11-4-2-1-3-5-11/h1-5,12-13,19H,6-10H2. The van der Waals surface area contributed by atoms with Gasteiger partial charge in [0.2, 0.25) is 0 Å². The third kappa shape index (κ3) is 4.21. The Morgan fingerprint density at radius 2 is 1.74 bits per heavy atom. The molecule has 1 heterocycles. The molecule has 1 N–H and O–H groups in total. The van der Waals surface area contributed by atoms with Gasteiger partial charge in [-0.05, 0) is 37.4 Å². The number of nitrogens with zero attached hydrogens (tertiary/aromatic N) is 1. The van der Waals surface area contributed by atoms with Gasteiger partial charge in [0.1, 0.15) is 0 Å². The lowest BCUT2D eigenvalue weighted by Crippen LogP contribution is -2.41. The fourth-order valence-corrected chi connectivity index (χ4v) is 2.60. The van der Waals surface area contributed by atoms with Crippen molar-refractivity contribution in [3.8, 4) is 0 Å². The van der Waals surface area contributed by atoms with Crippen LogP contribution in [0.2, 0.25) is 0 Å². The zero-order chi connectivity index (χ0) is 13.9. The Kier molecular flexibility index (Phi) is 4.47. The van der Waals surface area contributed by atoms with Gasteiger partial charge in [-0.2, -0.15) is 13.2 Å². The van der Waals surface area contributed by atoms with E-state index in [1.807, 2.05) is 30.3 Å². The number of rotatable bonds is 3. The number of aliphatic hydroxyl groups excluding tert-OH is 1. The smallest absolute Gasteiger partial charge is 0.388 e. The average Bonchev–Trinajstić information content (AvgIpc) is 2.38. The zero-order valence-electron chi connectivity index (χ0n) is 10.6. The molecule has 0 aromatic heterocycles. The molecule has 0 radical (unpaired) electrons. The van der Waals surface area contributed by atoms with Crippen molar-refractivity contribution >= 4 is 0 Å². The highest BCUT2D eigenvalue weighted by atomic mass is 19.4. The molecule has 1 unspecified atom stereocenters. The van der Waals surface area contributed by atoms with E-state index < -0.39 is 18.8 Å². The summed E-state index contributed by atoms with van der Waals surface area (Å²) in [6.45, 7) is -0.0523. The van der Waals surface area contributed by atoms with Crippen LogP contribution < -0.4 is 0 Å². The molecule has 1 saturated heterocycles. The van der Waals surface area contributed by atoms with E-state index in [1.165, 1.54) is 4.90 Å². The Morgan fingerprint density at radius 1 is 1.16 bits per heavy atom. The first kappa shape index (κ1) is 14.3. The van der Waals surface area contributed by atoms with Crippen LogP contribution in [-0.4, -0.2) is 35.8 Å². The fourth-order valence-electron chi connectivity index (χ4n) is 2.60. The quantitative estimate of drug-likeness (QED) is 0.915. The average molecular weight is 273 g/mol. The van der Waals surface area contributed by atoms with Crippen molar-refractivity contribution in [3.05, 3.63) is 35.9 Å². The second kappa shape index (κ2) is 5.92. The Balaban J connectivity index is 1.86. The lowest BCUT2D eigenvalue weighted by atomic mass is 9.87. The number of alkyl halides is 3. The minimum absolute atomic E-state index is 0.0480. The van der Waals surface area contributed by atoms with Crippen molar-refractivity contribution in [2.75, 3.05) is 19.6 Å². The van der Waals surface area contributed by atoms with Crippen molar-refractivity contribution in [1.82, 2.24) is 4.90 Å². The molecule has 1 aliphatic heterocycles. The van der Waals surface area contributed by atoms with Crippen LogP contribution in [0, 0.1) is 5.92 Å². The normalized spacial score (nSPS) is 20.4. The van der Waals surface area contributed by atoms with Gasteiger partial charge in [0.05, 0.1) is 12.6 Å². The summed E-state index contributed by atoms with van der Waals surface area (Å²) < 4.78 is 36.8. The van der Waals surface area contributed by atoms with E-state index in [1.54, 1.807) is 0 Å². The molecule has 1 aromatic rings. The summed E-state index contributed by atoms with van der Waals surface area (Å²) in [7, 11) is 0. The lowest BCUT2D eigenvalue weighted by Gasteiger charge is -2.34. The Bertz CT molecular complexity index is 385. The number of hydrogen-bond donors (Lipinski definition) is 1. The van der Waals surface area contributed by atoms with E-state index >= 15 is 0 Å². The molecule has 19 heavy (non-hydrogen) atoms. The predicted octanol–water partition coefficient (Wildman–Crippen LogP) is 2.99. The SMILES string of the molecule is OC(c1ccccc1)C1CCN(CC(F)(F)F)CC1. The molecule has 0 saturated carbocycles. The van der Waals surface area contributed by atoms with Gasteiger partial charge in [-0.25, -0.2) is 0 Å². The molecular weight excluding hydrogens is 255 g/mol. The summed E-state index contributed by atoms with van der Waals surface area (Å²) in [5, 5.41) is 10.2. The Hall–Kier alpha value is -1.07. The van der Waals surface area contributed by atoms with Crippen LogP contribution in [0.15, 0.2) is 30.3 Å². The summed E-state index contributed by atoms with van der Waals surface area (Å²) >= 11 is 0. The van der Waals surface area contributed by atoms with Crippen molar-refractivity contribution < 1.29 is 18.3 Å². The topological polar surface area (TPSA) is 23.5 Å². The molecule has 5 heteroatoms. The van der Waals surface area contributed by atoms with Crippen LogP contribution >= 0.6 is 0 Å². The van der Waals surface area contributed by atoms with Crippen LogP contribution in [0.4, 0.5) is 13.2 Å². The predicted molar refractivity (Wildman–Crippen MR) is 66.6 cm³/mol. The largest absolute Gasteiger partial charge is 0.401 e. The summed E-state index contributed by atoms with van der Waals surface area (Å²) in [5.41, 5.74) is 0.844. The summed E-state index contributed by atoms with van der Waals surface area (Å²) in [6.07, 6.45) is -3.50. The van der Waals surface area contributed by atoms with Crippen LogP contribution in [0.25, 0.3) is 0 Å². The Labute approximate surface area is 110 Å². The van der Waals surface area contributed by atoms with Crippen molar-refractivity contribution in [2.45, 2.75) is 25.1 Å². The van der Waals surface area contributed by atoms with Crippen LogP contribution in [0.5, 0.6) is 0 Å². The van der Waals surface area contributed by atoms with Crippen LogP contribution in [0.3, 0.4) is 0 Å². The molecule has 0 bridgehead atoms. The molecule has 0 spiro atoms. The van der Waals surface area contributed by atoms with Gasteiger partial charge >= 0.3 is 6.18 Å². The molecule has 0 aliphatic carbocycles. The number of halogens is 3. The van der Waals surface area contributed by atoms with Gasteiger partial charge in [-0.15, -0.1) is 0 Å². The molecule has 1 fully saturated rings. The maximum Gasteiger partial charge on any atom is 0.401 e. The molecule has 1 aromatic carbocycles. The monoisotopic (exact) mass is 273 g/mol. The van der Waals surface area contributed by atoms with Crippen molar-refractivity contribution in [3.63, 3.8) is 0 Å². The molecule has 2 rings (SSSR count). The van der Waals surface area contributed by atoms with E-state index in [-0.39, 0.29) is 5.92 Å². The molecule has 1 atom stereocenters. The van der Waals surface area contributed by atoms with Crippen molar-refractivity contribution in [1.29, 1.82) is 0 Å². The summed E-state index contributed by atoms with van der Waals surface area (Å²) in [4.78, 5) is 1.41. The molecule has 106 valence electrons. The highest BCUT2D eigenvalue weighted by molar-refractivity contribution is 5.18. The Morgan fingerprint density at radius 3 is 2.26 bits per heavy atom. The highest BCUT2D eigenvalue weighted by Crippen LogP contribution is 2.31. The first-order valence-corrected chi connectivity index (χ1v) is 6.48. The second-order valence-electron chi connectivity index (χ2n) is 5.08. The maximum atomic E-state index is 12.3. The van der Waals surface area contributed by atoms with Gasteiger partial charge < -0.3 is 5.11 Å². The second-order valence-corrected chi connectivity index (χ2v) is 5.08. The molecular formula is C14H18F3NO. The van der Waals surface area contributed by atoms with E-state index in [2.05, 4.69) is 0 Å².